The summed E-state index contributed by atoms with van der Waals surface area (Å²) in [6.45, 7) is 8.60. The van der Waals surface area contributed by atoms with E-state index in [0.29, 0.717) is 31.6 Å². The Morgan fingerprint density at radius 3 is 2.81 bits per heavy atom. The Morgan fingerprint density at radius 1 is 1.48 bits per heavy atom. The summed E-state index contributed by atoms with van der Waals surface area (Å²) in [5.74, 6) is -0.427. The molecule has 21 heavy (non-hydrogen) atoms. The summed E-state index contributed by atoms with van der Waals surface area (Å²) in [5.41, 5.74) is -0.0645. The van der Waals surface area contributed by atoms with Gasteiger partial charge in [0.1, 0.15) is 12.4 Å². The fraction of sp³-hybridized carbons (Fsp3) is 0.667. The van der Waals surface area contributed by atoms with E-state index in [4.69, 9.17) is 4.74 Å². The van der Waals surface area contributed by atoms with Crippen LogP contribution in [0.15, 0.2) is 6.33 Å². The molecule has 116 valence electrons. The molecule has 1 unspecified atom stereocenters. The molecule has 0 bridgehead atoms. The highest BCUT2D eigenvalue weighted by Gasteiger charge is 2.34. The van der Waals surface area contributed by atoms with Crippen LogP contribution in [0.3, 0.4) is 0 Å². The Balaban J connectivity index is 2.02. The molecule has 1 saturated heterocycles. The summed E-state index contributed by atoms with van der Waals surface area (Å²) < 4.78 is 19.7. The zero-order valence-corrected chi connectivity index (χ0v) is 13.0. The lowest BCUT2D eigenvalue weighted by Crippen LogP contribution is -2.38. The molecule has 1 aliphatic rings. The third-order valence-electron chi connectivity index (χ3n) is 3.52. The molecule has 1 aromatic rings. The minimum absolute atomic E-state index is 0.0168. The van der Waals surface area contributed by atoms with Crippen molar-refractivity contribution in [1.82, 2.24) is 14.9 Å². The van der Waals surface area contributed by atoms with E-state index in [9.17, 15) is 9.18 Å². The topological polar surface area (TPSA) is 55.3 Å². The molecule has 0 saturated carbocycles. The van der Waals surface area contributed by atoms with E-state index in [-0.39, 0.29) is 17.9 Å². The number of hydrogen-bond acceptors (Lipinski definition) is 4. The van der Waals surface area contributed by atoms with Gasteiger partial charge in [-0.25, -0.2) is 4.98 Å². The van der Waals surface area contributed by atoms with Gasteiger partial charge in [-0.1, -0.05) is 27.7 Å². The number of likely N-dealkylation sites (tertiary alicyclic amines) is 1. The van der Waals surface area contributed by atoms with Gasteiger partial charge in [0.15, 0.2) is 0 Å². The molecule has 1 fully saturated rings. The van der Waals surface area contributed by atoms with Gasteiger partial charge in [0.25, 0.3) is 5.88 Å². The first-order valence-corrected chi connectivity index (χ1v) is 7.28. The van der Waals surface area contributed by atoms with Crippen LogP contribution in [0.2, 0.25) is 0 Å². The average Bonchev–Trinajstić information content (AvgIpc) is 2.87. The number of carbonyl (C=O) groups is 1. The first-order chi connectivity index (χ1) is 9.82. The van der Waals surface area contributed by atoms with Gasteiger partial charge in [0, 0.05) is 18.4 Å². The molecule has 1 aliphatic heterocycles. The molecule has 0 aliphatic carbocycles. The normalized spacial score (nSPS) is 18.9. The maximum Gasteiger partial charge on any atom is 0.254 e. The number of carbonyl (C=O) groups excluding carboxylic acids is 1. The Kier molecular flexibility index (Phi) is 4.44. The largest absolute Gasteiger partial charge is 0.470 e. The maximum absolute atomic E-state index is 14.0. The monoisotopic (exact) mass is 295 g/mol. The SMILES string of the molecule is CCc1ncnc(OC2CCN(C(=O)C(C)(C)C)C2)c1F. The summed E-state index contributed by atoms with van der Waals surface area (Å²) in [4.78, 5) is 21.7. The van der Waals surface area contributed by atoms with Crippen LogP contribution in [0.25, 0.3) is 0 Å². The van der Waals surface area contributed by atoms with E-state index < -0.39 is 11.2 Å². The van der Waals surface area contributed by atoms with Crippen molar-refractivity contribution in [2.45, 2.75) is 46.6 Å². The molecule has 0 N–H and O–H groups in total. The van der Waals surface area contributed by atoms with Crippen molar-refractivity contribution in [3.63, 3.8) is 0 Å². The highest BCUT2D eigenvalue weighted by atomic mass is 19.1. The van der Waals surface area contributed by atoms with Gasteiger partial charge in [-0.2, -0.15) is 9.37 Å². The van der Waals surface area contributed by atoms with Crippen molar-refractivity contribution in [2.24, 2.45) is 5.41 Å². The number of amides is 1. The molecule has 0 radical (unpaired) electrons. The first-order valence-electron chi connectivity index (χ1n) is 7.28. The van der Waals surface area contributed by atoms with E-state index >= 15 is 0 Å². The van der Waals surface area contributed by atoms with E-state index in [1.54, 1.807) is 4.90 Å². The van der Waals surface area contributed by atoms with E-state index in [0.717, 1.165) is 0 Å². The second-order valence-corrected chi connectivity index (χ2v) is 6.32. The van der Waals surface area contributed by atoms with Crippen LogP contribution in [0.4, 0.5) is 4.39 Å². The van der Waals surface area contributed by atoms with E-state index in [1.807, 2.05) is 27.7 Å². The van der Waals surface area contributed by atoms with Gasteiger partial charge in [0.2, 0.25) is 11.7 Å². The van der Waals surface area contributed by atoms with Crippen LogP contribution in [-0.4, -0.2) is 40.0 Å². The third-order valence-corrected chi connectivity index (χ3v) is 3.52. The van der Waals surface area contributed by atoms with Crippen LogP contribution in [0.1, 0.15) is 39.8 Å². The van der Waals surface area contributed by atoms with Crippen molar-refractivity contribution in [1.29, 1.82) is 0 Å². The fourth-order valence-corrected chi connectivity index (χ4v) is 2.36. The van der Waals surface area contributed by atoms with Crippen LogP contribution >= 0.6 is 0 Å². The van der Waals surface area contributed by atoms with Crippen LogP contribution in [-0.2, 0) is 11.2 Å². The van der Waals surface area contributed by atoms with Gasteiger partial charge < -0.3 is 9.64 Å². The number of ether oxygens (including phenoxy) is 1. The Hall–Kier alpha value is -1.72. The number of aromatic nitrogens is 2. The molecule has 5 nitrogen and oxygen atoms in total. The molecular formula is C15H22FN3O2. The van der Waals surface area contributed by atoms with Gasteiger partial charge in [-0.15, -0.1) is 0 Å². The minimum atomic E-state index is -0.499. The number of nitrogens with zero attached hydrogens (tertiary/aromatic N) is 3. The van der Waals surface area contributed by atoms with Crippen molar-refractivity contribution in [3.05, 3.63) is 17.8 Å². The summed E-state index contributed by atoms with van der Waals surface area (Å²) in [5, 5.41) is 0. The standard InChI is InChI=1S/C15H22FN3O2/c1-5-11-12(16)13(18-9-17-11)21-10-6-7-19(8-10)14(20)15(2,3)4/h9-10H,5-8H2,1-4H3. The number of aryl methyl sites for hydroxylation is 1. The third kappa shape index (κ3) is 3.49. The summed E-state index contributed by atoms with van der Waals surface area (Å²) in [6.07, 6.45) is 2.27. The van der Waals surface area contributed by atoms with E-state index in [2.05, 4.69) is 9.97 Å². The molecular weight excluding hydrogens is 273 g/mol. The molecule has 2 heterocycles. The van der Waals surface area contributed by atoms with Crippen molar-refractivity contribution in [3.8, 4) is 5.88 Å². The smallest absolute Gasteiger partial charge is 0.254 e. The second kappa shape index (κ2) is 5.95. The molecule has 1 atom stereocenters. The van der Waals surface area contributed by atoms with Crippen molar-refractivity contribution >= 4 is 5.91 Å². The minimum Gasteiger partial charge on any atom is -0.470 e. The fourth-order valence-electron chi connectivity index (χ4n) is 2.36. The predicted molar refractivity (Wildman–Crippen MR) is 76.4 cm³/mol. The average molecular weight is 295 g/mol. The number of hydrogen-bond donors (Lipinski definition) is 0. The Morgan fingerprint density at radius 2 is 2.19 bits per heavy atom. The van der Waals surface area contributed by atoms with Gasteiger partial charge in [-0.3, -0.25) is 4.79 Å². The number of rotatable bonds is 3. The summed E-state index contributed by atoms with van der Waals surface area (Å²) >= 11 is 0. The van der Waals surface area contributed by atoms with Crippen LogP contribution in [0.5, 0.6) is 5.88 Å². The molecule has 0 aromatic carbocycles. The second-order valence-electron chi connectivity index (χ2n) is 6.32. The Bertz CT molecular complexity index is 528. The van der Waals surface area contributed by atoms with Crippen LogP contribution in [0, 0.1) is 11.2 Å². The van der Waals surface area contributed by atoms with E-state index in [1.165, 1.54) is 6.33 Å². The van der Waals surface area contributed by atoms with Crippen molar-refractivity contribution < 1.29 is 13.9 Å². The molecule has 1 amide bonds. The molecule has 2 rings (SSSR count). The molecule has 0 spiro atoms. The predicted octanol–water partition coefficient (Wildman–Crippen LogP) is 2.20. The molecule has 6 heteroatoms. The summed E-state index contributed by atoms with van der Waals surface area (Å²) in [7, 11) is 0. The van der Waals surface area contributed by atoms with Crippen LogP contribution < -0.4 is 4.74 Å². The Labute approximate surface area is 124 Å². The van der Waals surface area contributed by atoms with Gasteiger partial charge >= 0.3 is 0 Å². The van der Waals surface area contributed by atoms with Crippen molar-refractivity contribution in [2.75, 3.05) is 13.1 Å². The van der Waals surface area contributed by atoms with Gasteiger partial charge in [0.05, 0.1) is 12.2 Å². The lowest BCUT2D eigenvalue weighted by molar-refractivity contribution is -0.138. The zero-order chi connectivity index (χ0) is 15.6. The first kappa shape index (κ1) is 15.7. The zero-order valence-electron chi connectivity index (χ0n) is 13.0. The lowest BCUT2D eigenvalue weighted by Gasteiger charge is -2.25. The maximum atomic E-state index is 14.0. The lowest BCUT2D eigenvalue weighted by atomic mass is 9.95. The summed E-state index contributed by atoms with van der Waals surface area (Å²) in [6, 6.07) is 0. The quantitative estimate of drug-likeness (QED) is 0.858. The highest BCUT2D eigenvalue weighted by Crippen LogP contribution is 2.24. The highest BCUT2D eigenvalue weighted by molar-refractivity contribution is 5.81. The molecule has 1 aromatic heterocycles. The van der Waals surface area contributed by atoms with Gasteiger partial charge in [-0.05, 0) is 6.42 Å². The number of halogens is 1.